The molecule has 8 aromatic rings. The first-order valence-electron chi connectivity index (χ1n) is 15.0. The maximum atomic E-state index is 6.26. The van der Waals surface area contributed by atoms with E-state index < -0.39 is 0 Å². The fourth-order valence-corrected chi connectivity index (χ4v) is 6.18. The Kier molecular flexibility index (Phi) is 5.81. The summed E-state index contributed by atoms with van der Waals surface area (Å²) in [4.78, 5) is 15.1. The van der Waals surface area contributed by atoms with E-state index in [9.17, 15) is 0 Å². The summed E-state index contributed by atoms with van der Waals surface area (Å²) in [5.74, 6) is 2.76. The molecular weight excluding hydrogens is 552 g/mol. The molecule has 0 fully saturated rings. The summed E-state index contributed by atoms with van der Waals surface area (Å²) in [6.45, 7) is 0. The van der Waals surface area contributed by atoms with E-state index in [0.717, 1.165) is 55.2 Å². The van der Waals surface area contributed by atoms with Crippen LogP contribution in [0.15, 0.2) is 146 Å². The topological polar surface area (TPSA) is 59.9 Å². The number of anilines is 1. The van der Waals surface area contributed by atoms with Crippen LogP contribution in [-0.4, -0.2) is 15.0 Å². The minimum Gasteiger partial charge on any atom is -0.464 e. The number of fused-ring (bicyclic) bond motifs is 5. The lowest BCUT2D eigenvalue weighted by atomic mass is 10.0. The van der Waals surface area contributed by atoms with Crippen molar-refractivity contribution in [3.63, 3.8) is 0 Å². The maximum absolute atomic E-state index is 6.26. The Balaban J connectivity index is 1.17. The molecule has 0 saturated carbocycles. The molecule has 45 heavy (non-hydrogen) atoms. The molecule has 0 bridgehead atoms. The number of rotatable bonds is 4. The summed E-state index contributed by atoms with van der Waals surface area (Å²) in [5.41, 5.74) is 4.91. The van der Waals surface area contributed by atoms with Crippen LogP contribution in [0.25, 0.3) is 66.5 Å². The molecule has 5 heteroatoms. The Hall–Kier alpha value is -6.07. The van der Waals surface area contributed by atoms with Gasteiger partial charge in [-0.3, -0.25) is 0 Å². The molecule has 1 aliphatic heterocycles. The van der Waals surface area contributed by atoms with Crippen molar-refractivity contribution in [2.75, 3.05) is 5.32 Å². The van der Waals surface area contributed by atoms with Crippen LogP contribution in [0.2, 0.25) is 0 Å². The molecule has 1 aliphatic rings. The molecule has 5 nitrogen and oxygen atoms in total. The van der Waals surface area contributed by atoms with Crippen molar-refractivity contribution < 1.29 is 4.74 Å². The van der Waals surface area contributed by atoms with E-state index in [0.29, 0.717) is 17.5 Å². The summed E-state index contributed by atoms with van der Waals surface area (Å²) >= 11 is 0. The number of nitrogens with zero attached hydrogens (tertiary/aromatic N) is 3. The van der Waals surface area contributed by atoms with E-state index in [4.69, 9.17) is 19.7 Å². The van der Waals surface area contributed by atoms with Crippen molar-refractivity contribution in [2.45, 2.75) is 6.23 Å². The average Bonchev–Trinajstić information content (AvgIpc) is 3.56. The van der Waals surface area contributed by atoms with Gasteiger partial charge in [0, 0.05) is 27.6 Å². The molecule has 0 aliphatic carbocycles. The van der Waals surface area contributed by atoms with Gasteiger partial charge in [-0.2, -0.15) is 0 Å². The first-order chi connectivity index (χ1) is 22.2. The van der Waals surface area contributed by atoms with E-state index in [1.807, 2.05) is 24.3 Å². The predicted octanol–water partition coefficient (Wildman–Crippen LogP) is 9.84. The molecule has 1 atom stereocenters. The highest BCUT2D eigenvalue weighted by Crippen LogP contribution is 2.43. The summed E-state index contributed by atoms with van der Waals surface area (Å²) in [7, 11) is 0. The van der Waals surface area contributed by atoms with E-state index in [-0.39, 0.29) is 6.23 Å². The summed E-state index contributed by atoms with van der Waals surface area (Å²) in [6, 6.07) is 50.1. The van der Waals surface area contributed by atoms with Crippen LogP contribution in [0, 0.1) is 0 Å². The number of benzene rings is 7. The zero-order valence-corrected chi connectivity index (χ0v) is 24.2. The summed E-state index contributed by atoms with van der Waals surface area (Å²) < 4.78 is 6.26. The quantitative estimate of drug-likeness (QED) is 0.225. The molecule has 9 rings (SSSR count). The van der Waals surface area contributed by atoms with Gasteiger partial charge < -0.3 is 10.1 Å². The first-order valence-corrected chi connectivity index (χ1v) is 15.0. The molecule has 1 N–H and O–H groups in total. The van der Waals surface area contributed by atoms with E-state index in [1.165, 1.54) is 10.8 Å². The van der Waals surface area contributed by atoms with Gasteiger partial charge in [-0.1, -0.05) is 121 Å². The zero-order chi connectivity index (χ0) is 29.7. The van der Waals surface area contributed by atoms with Crippen LogP contribution < -0.4 is 10.1 Å². The SMILES string of the molecule is c1ccc(C2Nc3c(ccc4cc(-c5nc(-c6ccc7ccccc7c6)nc(-c6ccc7ccccc7c6)n5)ccc34)O2)cc1. The molecule has 1 unspecified atom stereocenters. The zero-order valence-electron chi connectivity index (χ0n) is 24.2. The Morgan fingerprint density at radius 1 is 0.444 bits per heavy atom. The fourth-order valence-electron chi connectivity index (χ4n) is 6.18. The Morgan fingerprint density at radius 3 is 1.53 bits per heavy atom. The highest BCUT2D eigenvalue weighted by Gasteiger charge is 2.25. The van der Waals surface area contributed by atoms with Crippen molar-refractivity contribution in [1.29, 1.82) is 0 Å². The van der Waals surface area contributed by atoms with E-state index >= 15 is 0 Å². The third-order valence-corrected chi connectivity index (χ3v) is 8.51. The Morgan fingerprint density at radius 2 is 0.933 bits per heavy atom. The molecule has 1 aromatic heterocycles. The highest BCUT2D eigenvalue weighted by atomic mass is 16.5. The second-order valence-electron chi connectivity index (χ2n) is 11.4. The smallest absolute Gasteiger partial charge is 0.196 e. The number of ether oxygens (including phenoxy) is 1. The predicted molar refractivity (Wildman–Crippen MR) is 182 cm³/mol. The minimum absolute atomic E-state index is 0.218. The van der Waals surface area contributed by atoms with Crippen molar-refractivity contribution >= 4 is 38.0 Å². The number of nitrogens with one attached hydrogen (secondary N) is 1. The lowest BCUT2D eigenvalue weighted by molar-refractivity contribution is 0.260. The number of hydrogen-bond donors (Lipinski definition) is 1. The van der Waals surface area contributed by atoms with Crippen LogP contribution in [0.5, 0.6) is 5.75 Å². The van der Waals surface area contributed by atoms with Crippen molar-refractivity contribution in [2.24, 2.45) is 0 Å². The Labute approximate surface area is 259 Å². The van der Waals surface area contributed by atoms with Gasteiger partial charge >= 0.3 is 0 Å². The number of aromatic nitrogens is 3. The van der Waals surface area contributed by atoms with Crippen molar-refractivity contribution in [1.82, 2.24) is 15.0 Å². The van der Waals surface area contributed by atoms with Gasteiger partial charge in [0.05, 0.1) is 5.69 Å². The summed E-state index contributed by atoms with van der Waals surface area (Å²) in [5, 5.41) is 10.4. The van der Waals surface area contributed by atoms with Gasteiger partial charge in [-0.15, -0.1) is 0 Å². The second-order valence-corrected chi connectivity index (χ2v) is 11.4. The molecule has 0 saturated heterocycles. The van der Waals surface area contributed by atoms with Gasteiger partial charge in [-0.25, -0.2) is 15.0 Å². The highest BCUT2D eigenvalue weighted by molar-refractivity contribution is 6.00. The van der Waals surface area contributed by atoms with Gasteiger partial charge in [0.25, 0.3) is 0 Å². The molecule has 2 heterocycles. The average molecular weight is 579 g/mol. The van der Waals surface area contributed by atoms with E-state index in [1.54, 1.807) is 0 Å². The number of hydrogen-bond acceptors (Lipinski definition) is 5. The van der Waals surface area contributed by atoms with Crippen molar-refractivity contribution in [3.05, 3.63) is 151 Å². The second kappa shape index (κ2) is 10.3. The molecule has 7 aromatic carbocycles. The molecule has 212 valence electrons. The monoisotopic (exact) mass is 578 g/mol. The lowest BCUT2D eigenvalue weighted by Gasteiger charge is -2.11. The normalized spacial score (nSPS) is 13.9. The molecule has 0 radical (unpaired) electrons. The standard InChI is InChI=1S/C40H26N4O/c1-2-10-27(11-3-1)40-41-36-34-20-18-33(24-30(34)19-21-35(36)45-40)39-43-37(31-16-14-25-8-4-6-12-28(25)22-31)42-38(44-39)32-17-15-26-9-5-7-13-29(26)23-32/h1-24,40-41H. The third-order valence-electron chi connectivity index (χ3n) is 8.51. The van der Waals surface area contributed by atoms with Crippen molar-refractivity contribution in [3.8, 4) is 39.9 Å². The van der Waals surface area contributed by atoms with Crippen LogP contribution in [0.1, 0.15) is 11.8 Å². The fraction of sp³-hybridized carbons (Fsp3) is 0.0250. The lowest BCUT2D eigenvalue weighted by Crippen LogP contribution is -2.09. The van der Waals surface area contributed by atoms with Crippen LogP contribution in [-0.2, 0) is 0 Å². The molecule has 0 spiro atoms. The molecular formula is C40H26N4O. The van der Waals surface area contributed by atoms with Gasteiger partial charge in [0.1, 0.15) is 5.75 Å². The molecule has 0 amide bonds. The largest absolute Gasteiger partial charge is 0.464 e. The first kappa shape index (κ1) is 25.4. The maximum Gasteiger partial charge on any atom is 0.196 e. The van der Waals surface area contributed by atoms with Crippen LogP contribution >= 0.6 is 0 Å². The van der Waals surface area contributed by atoms with Gasteiger partial charge in [-0.05, 0) is 51.2 Å². The van der Waals surface area contributed by atoms with Gasteiger partial charge in [0.2, 0.25) is 0 Å². The third kappa shape index (κ3) is 4.53. The van der Waals surface area contributed by atoms with Crippen LogP contribution in [0.3, 0.4) is 0 Å². The van der Waals surface area contributed by atoms with Gasteiger partial charge in [0.15, 0.2) is 23.7 Å². The Bertz CT molecular complexity index is 2310. The minimum atomic E-state index is -0.218. The van der Waals surface area contributed by atoms with Crippen LogP contribution in [0.4, 0.5) is 5.69 Å². The van der Waals surface area contributed by atoms with E-state index in [2.05, 4.69) is 127 Å². The summed E-state index contributed by atoms with van der Waals surface area (Å²) in [6.07, 6.45) is -0.218.